The molecule has 1 aromatic carbocycles. The number of thioether (sulfide) groups is 1. The van der Waals surface area contributed by atoms with Gasteiger partial charge in [-0.1, -0.05) is 6.42 Å². The highest BCUT2D eigenvalue weighted by molar-refractivity contribution is 7.98. The normalized spacial score (nSPS) is 14.2. The third-order valence-electron chi connectivity index (χ3n) is 5.25. The van der Waals surface area contributed by atoms with Crippen LogP contribution in [0.1, 0.15) is 19.3 Å². The molecule has 0 unspecified atom stereocenters. The number of aromatic amines is 1. The van der Waals surface area contributed by atoms with E-state index in [1.807, 2.05) is 6.26 Å². The van der Waals surface area contributed by atoms with Crippen LogP contribution in [0.4, 0.5) is 23.1 Å². The fourth-order valence-electron chi connectivity index (χ4n) is 3.59. The van der Waals surface area contributed by atoms with Gasteiger partial charge in [0.25, 0.3) is 0 Å². The monoisotopic (exact) mass is 442 g/mol. The van der Waals surface area contributed by atoms with E-state index >= 15 is 0 Å². The summed E-state index contributed by atoms with van der Waals surface area (Å²) in [5, 5.41) is 16.0. The lowest BCUT2D eigenvalue weighted by atomic mass is 10.2. The van der Waals surface area contributed by atoms with E-state index in [9.17, 15) is 0 Å². The van der Waals surface area contributed by atoms with Gasteiger partial charge in [0.05, 0.1) is 18.6 Å². The van der Waals surface area contributed by atoms with Crippen LogP contribution >= 0.6 is 11.8 Å². The smallest absolute Gasteiger partial charge is 0.231 e. The van der Waals surface area contributed by atoms with Crippen molar-refractivity contribution in [2.45, 2.75) is 24.3 Å². The first kappa shape index (κ1) is 21.7. The molecule has 10 heteroatoms. The minimum Gasteiger partial charge on any atom is -0.378 e. The van der Waals surface area contributed by atoms with Crippen molar-refractivity contribution in [2.24, 2.45) is 5.73 Å². The highest BCUT2D eigenvalue weighted by Crippen LogP contribution is 2.30. The van der Waals surface area contributed by atoms with E-state index in [-0.39, 0.29) is 0 Å². The van der Waals surface area contributed by atoms with Crippen LogP contribution in [0.2, 0.25) is 0 Å². The Morgan fingerprint density at radius 2 is 1.94 bits per heavy atom. The molecule has 5 N–H and O–H groups in total. The van der Waals surface area contributed by atoms with E-state index < -0.39 is 0 Å². The molecule has 3 aromatic rings. The van der Waals surface area contributed by atoms with Gasteiger partial charge in [0.1, 0.15) is 10.8 Å². The molecule has 1 saturated heterocycles. The summed E-state index contributed by atoms with van der Waals surface area (Å²) in [5.41, 5.74) is 8.45. The minimum atomic E-state index is 0.535. The predicted molar refractivity (Wildman–Crippen MR) is 128 cm³/mol. The second-order valence-electron chi connectivity index (χ2n) is 7.40. The Balaban J connectivity index is 1.50. The number of aromatic nitrogens is 4. The summed E-state index contributed by atoms with van der Waals surface area (Å²) in [6.45, 7) is 4.96. The summed E-state index contributed by atoms with van der Waals surface area (Å²) in [4.78, 5) is 11.7. The van der Waals surface area contributed by atoms with Gasteiger partial charge in [-0.05, 0) is 49.9 Å². The van der Waals surface area contributed by atoms with Crippen molar-refractivity contribution in [3.8, 4) is 0 Å². The van der Waals surface area contributed by atoms with Gasteiger partial charge in [-0.2, -0.15) is 15.1 Å². The lowest BCUT2D eigenvalue weighted by Gasteiger charge is -2.28. The number of hydrogen-bond acceptors (Lipinski definition) is 9. The van der Waals surface area contributed by atoms with E-state index in [0.29, 0.717) is 5.95 Å². The lowest BCUT2D eigenvalue weighted by molar-refractivity contribution is 0.122. The zero-order valence-corrected chi connectivity index (χ0v) is 18.7. The molecule has 3 heterocycles. The molecule has 1 aliphatic heterocycles. The van der Waals surface area contributed by atoms with Crippen molar-refractivity contribution in [1.82, 2.24) is 20.2 Å². The molecule has 31 heavy (non-hydrogen) atoms. The predicted octanol–water partition coefficient (Wildman–Crippen LogP) is 3.20. The number of anilines is 4. The second kappa shape index (κ2) is 10.7. The van der Waals surface area contributed by atoms with Gasteiger partial charge in [-0.3, -0.25) is 5.10 Å². The Labute approximate surface area is 186 Å². The highest BCUT2D eigenvalue weighted by Gasteiger charge is 2.15. The van der Waals surface area contributed by atoms with Crippen LogP contribution in [0.15, 0.2) is 29.3 Å². The van der Waals surface area contributed by atoms with Crippen LogP contribution in [0.25, 0.3) is 11.0 Å². The molecule has 4 rings (SSSR count). The first-order valence-corrected chi connectivity index (χ1v) is 11.9. The first-order chi connectivity index (χ1) is 15.3. The quantitative estimate of drug-likeness (QED) is 0.277. The number of fused-ring (bicyclic) bond motifs is 1. The van der Waals surface area contributed by atoms with Crippen molar-refractivity contribution in [1.29, 1.82) is 0 Å². The van der Waals surface area contributed by atoms with Crippen molar-refractivity contribution in [3.63, 3.8) is 0 Å². The Morgan fingerprint density at radius 1 is 1.13 bits per heavy atom. The van der Waals surface area contributed by atoms with Gasteiger partial charge in [0.2, 0.25) is 5.95 Å². The standard InChI is InChI=1S/C21H30N8OS/c1-31-20-17-18(23-10-4-2-3-9-22)25-21(26-19(17)27-28-20)24-15-5-7-16(8-6-15)29-11-13-30-14-12-29/h5-8H,2-4,9-14,22H2,1H3,(H3,23,24,25,26,27,28). The van der Waals surface area contributed by atoms with Crippen molar-refractivity contribution >= 4 is 45.9 Å². The molecule has 0 spiro atoms. The second-order valence-corrected chi connectivity index (χ2v) is 8.19. The SMILES string of the molecule is CSc1n[nH]c2nc(Nc3ccc(N4CCOCC4)cc3)nc(NCCCCCN)c12. The van der Waals surface area contributed by atoms with E-state index in [0.717, 1.165) is 86.2 Å². The number of morpholine rings is 1. The molecule has 9 nitrogen and oxygen atoms in total. The van der Waals surface area contributed by atoms with Gasteiger partial charge >= 0.3 is 0 Å². The maximum absolute atomic E-state index is 5.59. The zero-order valence-electron chi connectivity index (χ0n) is 17.9. The number of nitrogens with zero attached hydrogens (tertiary/aromatic N) is 4. The van der Waals surface area contributed by atoms with Crippen LogP contribution in [-0.2, 0) is 4.74 Å². The van der Waals surface area contributed by atoms with Crippen molar-refractivity contribution in [3.05, 3.63) is 24.3 Å². The third kappa shape index (κ3) is 5.38. The summed E-state index contributed by atoms with van der Waals surface area (Å²) in [6.07, 6.45) is 5.18. The van der Waals surface area contributed by atoms with E-state index in [1.54, 1.807) is 11.8 Å². The van der Waals surface area contributed by atoms with Gasteiger partial charge in [0.15, 0.2) is 5.65 Å². The van der Waals surface area contributed by atoms with Gasteiger partial charge in [0, 0.05) is 31.0 Å². The number of H-pyrrole nitrogens is 1. The van der Waals surface area contributed by atoms with E-state index in [1.165, 1.54) is 5.69 Å². The number of unbranched alkanes of at least 4 members (excludes halogenated alkanes) is 2. The summed E-state index contributed by atoms with van der Waals surface area (Å²) in [6, 6.07) is 8.34. The Bertz CT molecular complexity index is 971. The first-order valence-electron chi connectivity index (χ1n) is 10.7. The zero-order chi connectivity index (χ0) is 21.5. The molecule has 0 radical (unpaired) electrons. The van der Waals surface area contributed by atoms with Crippen LogP contribution < -0.4 is 21.3 Å². The maximum Gasteiger partial charge on any atom is 0.231 e. The molecule has 0 saturated carbocycles. The van der Waals surface area contributed by atoms with Crippen molar-refractivity contribution in [2.75, 3.05) is 61.2 Å². The van der Waals surface area contributed by atoms with Crippen LogP contribution in [0.5, 0.6) is 0 Å². The Morgan fingerprint density at radius 3 is 2.68 bits per heavy atom. The lowest BCUT2D eigenvalue weighted by Crippen LogP contribution is -2.36. The molecule has 1 aliphatic rings. The molecule has 0 bridgehead atoms. The Kier molecular flexibility index (Phi) is 7.44. The molecule has 0 aliphatic carbocycles. The number of nitrogens with two attached hydrogens (primary N) is 1. The molecule has 1 fully saturated rings. The minimum absolute atomic E-state index is 0.535. The maximum atomic E-state index is 5.59. The number of rotatable bonds is 10. The number of benzene rings is 1. The van der Waals surface area contributed by atoms with Crippen LogP contribution in [0.3, 0.4) is 0 Å². The highest BCUT2D eigenvalue weighted by atomic mass is 32.2. The third-order valence-corrected chi connectivity index (χ3v) is 5.93. The van der Waals surface area contributed by atoms with E-state index in [4.69, 9.17) is 15.5 Å². The summed E-state index contributed by atoms with van der Waals surface area (Å²) in [7, 11) is 0. The largest absolute Gasteiger partial charge is 0.378 e. The summed E-state index contributed by atoms with van der Waals surface area (Å²) >= 11 is 1.58. The molecule has 0 amide bonds. The number of nitrogens with one attached hydrogen (secondary N) is 3. The molecule has 0 atom stereocenters. The van der Waals surface area contributed by atoms with Gasteiger partial charge in [-0.25, -0.2) is 0 Å². The van der Waals surface area contributed by atoms with E-state index in [2.05, 4.69) is 55.0 Å². The molecular formula is C21H30N8OS. The molecule has 2 aromatic heterocycles. The van der Waals surface area contributed by atoms with Crippen molar-refractivity contribution < 1.29 is 4.74 Å². The number of ether oxygens (including phenoxy) is 1. The fourth-order valence-corrected chi connectivity index (χ4v) is 4.13. The Hall–Kier alpha value is -2.56. The van der Waals surface area contributed by atoms with Gasteiger partial charge < -0.3 is 26.0 Å². The molecule has 166 valence electrons. The average molecular weight is 443 g/mol. The number of hydrogen-bond donors (Lipinski definition) is 4. The van der Waals surface area contributed by atoms with Gasteiger partial charge in [-0.15, -0.1) is 11.8 Å². The topological polar surface area (TPSA) is 117 Å². The van der Waals surface area contributed by atoms with Crippen LogP contribution in [0, 0.1) is 0 Å². The fraction of sp³-hybridized carbons (Fsp3) is 0.476. The van der Waals surface area contributed by atoms with Crippen LogP contribution in [-0.4, -0.2) is 65.8 Å². The summed E-state index contributed by atoms with van der Waals surface area (Å²) in [5.74, 6) is 1.33. The summed E-state index contributed by atoms with van der Waals surface area (Å²) < 4.78 is 5.44. The average Bonchev–Trinajstić information content (AvgIpc) is 3.23. The molecular weight excluding hydrogens is 412 g/mol.